The van der Waals surface area contributed by atoms with E-state index < -0.39 is 0 Å². The van der Waals surface area contributed by atoms with E-state index in [4.69, 9.17) is 0 Å². The zero-order chi connectivity index (χ0) is 11.5. The van der Waals surface area contributed by atoms with Gasteiger partial charge >= 0.3 is 0 Å². The van der Waals surface area contributed by atoms with Gasteiger partial charge in [-0.05, 0) is 24.0 Å². The lowest BCUT2D eigenvalue weighted by Crippen LogP contribution is -1.93. The lowest BCUT2D eigenvalue weighted by molar-refractivity contribution is 0.0994. The largest absolute Gasteiger partial charge is 0.294 e. The van der Waals surface area contributed by atoms with Crippen LogP contribution < -0.4 is 0 Å². The summed E-state index contributed by atoms with van der Waals surface area (Å²) in [4.78, 5) is 15.1. The van der Waals surface area contributed by atoms with Gasteiger partial charge in [0, 0.05) is 18.2 Å². The van der Waals surface area contributed by atoms with Gasteiger partial charge in [0.1, 0.15) is 0 Å². The zero-order valence-corrected chi connectivity index (χ0v) is 10.0. The summed E-state index contributed by atoms with van der Waals surface area (Å²) in [5.74, 6) is 0.239. The van der Waals surface area contributed by atoms with Gasteiger partial charge in [0.05, 0.1) is 5.69 Å². The molecular formula is C13H19NO. The van der Waals surface area contributed by atoms with Crippen LogP contribution in [-0.4, -0.2) is 10.8 Å². The molecule has 0 fully saturated rings. The molecule has 1 aliphatic rings. The number of fused-ring (bicyclic) bond motifs is 1. The Morgan fingerprint density at radius 1 is 1.20 bits per heavy atom. The smallest absolute Gasteiger partial charge is 0.165 e. The minimum absolute atomic E-state index is 0.239. The number of Topliss-reactive ketones (excluding diaryl/α,β-unsaturated/α-hetero) is 1. The Morgan fingerprint density at radius 2 is 1.80 bits per heavy atom. The highest BCUT2D eigenvalue weighted by Crippen LogP contribution is 2.18. The number of nitrogens with zero attached hydrogens (tertiary/aromatic N) is 1. The number of carbonyl (C=O) groups is 1. The molecule has 0 aromatic carbocycles. The van der Waals surface area contributed by atoms with Gasteiger partial charge in [0.2, 0.25) is 0 Å². The second-order valence-electron chi connectivity index (χ2n) is 5.42. The van der Waals surface area contributed by atoms with Crippen LogP contribution >= 0.6 is 0 Å². The Hall–Kier alpha value is -1.18. The molecule has 1 heterocycles. The van der Waals surface area contributed by atoms with Crippen LogP contribution in [0.25, 0.3) is 0 Å². The van der Waals surface area contributed by atoms with Crippen molar-refractivity contribution >= 4 is 5.78 Å². The van der Waals surface area contributed by atoms with Gasteiger partial charge in [-0.25, -0.2) is 0 Å². The van der Waals surface area contributed by atoms with Crippen LogP contribution in [-0.2, 0) is 6.42 Å². The Kier molecular flexibility index (Phi) is 3.61. The van der Waals surface area contributed by atoms with Gasteiger partial charge in [-0.2, -0.15) is 0 Å². The van der Waals surface area contributed by atoms with Crippen molar-refractivity contribution in [3.05, 3.63) is 29.6 Å². The van der Waals surface area contributed by atoms with Gasteiger partial charge in [-0.1, -0.05) is 27.7 Å². The van der Waals surface area contributed by atoms with E-state index in [-0.39, 0.29) is 5.78 Å². The predicted molar refractivity (Wildman–Crippen MR) is 62.0 cm³/mol. The molecule has 0 aliphatic heterocycles. The molecular weight excluding hydrogens is 186 g/mol. The van der Waals surface area contributed by atoms with Gasteiger partial charge < -0.3 is 0 Å². The predicted octanol–water partition coefficient (Wildman–Crippen LogP) is 3.26. The van der Waals surface area contributed by atoms with E-state index in [2.05, 4.69) is 32.7 Å². The minimum atomic E-state index is 0.239. The molecule has 0 unspecified atom stereocenters. The van der Waals surface area contributed by atoms with E-state index in [0.29, 0.717) is 11.8 Å². The topological polar surface area (TPSA) is 30.0 Å². The van der Waals surface area contributed by atoms with Crippen molar-refractivity contribution in [3.8, 4) is 0 Å². The highest BCUT2D eigenvalue weighted by molar-refractivity contribution is 5.99. The van der Waals surface area contributed by atoms with Crippen LogP contribution in [0.2, 0.25) is 0 Å². The van der Waals surface area contributed by atoms with Crippen molar-refractivity contribution in [2.75, 3.05) is 0 Å². The molecule has 1 aliphatic carbocycles. The number of aryl methyl sites for hydroxylation is 1. The first-order valence-corrected chi connectivity index (χ1v) is 5.35. The lowest BCUT2D eigenvalue weighted by Gasteiger charge is -2.05. The Balaban J connectivity index is 0.000000195. The zero-order valence-electron chi connectivity index (χ0n) is 10.0. The van der Waals surface area contributed by atoms with Crippen molar-refractivity contribution in [3.63, 3.8) is 0 Å². The second kappa shape index (κ2) is 4.56. The SMILES string of the molecule is CC(C)(C)C.O=C1CCc2ncccc21. The number of carbonyl (C=O) groups excluding carboxylic acids is 1. The van der Waals surface area contributed by atoms with Crippen LogP contribution in [0.3, 0.4) is 0 Å². The fourth-order valence-electron chi connectivity index (χ4n) is 1.26. The number of ketones is 1. The maximum absolute atomic E-state index is 11.0. The maximum atomic E-state index is 11.0. The third-order valence-electron chi connectivity index (χ3n) is 1.78. The van der Waals surface area contributed by atoms with Crippen LogP contribution in [0.1, 0.15) is 50.2 Å². The number of aromatic nitrogens is 1. The van der Waals surface area contributed by atoms with Crippen molar-refractivity contribution in [1.82, 2.24) is 4.98 Å². The highest BCUT2D eigenvalue weighted by Gasteiger charge is 2.18. The molecule has 2 nitrogen and oxygen atoms in total. The molecule has 0 radical (unpaired) electrons. The quantitative estimate of drug-likeness (QED) is 0.650. The van der Waals surface area contributed by atoms with Crippen LogP contribution in [0, 0.1) is 5.41 Å². The summed E-state index contributed by atoms with van der Waals surface area (Å²) in [6.45, 7) is 8.75. The summed E-state index contributed by atoms with van der Waals surface area (Å²) in [6.07, 6.45) is 3.21. The Bertz CT molecular complexity index is 344. The molecule has 2 heteroatoms. The summed E-state index contributed by atoms with van der Waals surface area (Å²) in [5, 5.41) is 0. The molecule has 0 N–H and O–H groups in total. The minimum Gasteiger partial charge on any atom is -0.294 e. The number of hydrogen-bond donors (Lipinski definition) is 0. The summed E-state index contributed by atoms with van der Waals surface area (Å²) in [7, 11) is 0. The average Bonchev–Trinajstić information content (AvgIpc) is 2.46. The maximum Gasteiger partial charge on any atom is 0.165 e. The Labute approximate surface area is 91.7 Å². The van der Waals surface area contributed by atoms with Crippen molar-refractivity contribution in [2.24, 2.45) is 5.41 Å². The fraction of sp³-hybridized carbons (Fsp3) is 0.538. The van der Waals surface area contributed by atoms with E-state index in [1.54, 1.807) is 6.20 Å². The van der Waals surface area contributed by atoms with E-state index in [0.717, 1.165) is 17.7 Å². The van der Waals surface area contributed by atoms with Crippen molar-refractivity contribution in [2.45, 2.75) is 40.5 Å². The first kappa shape index (κ1) is 11.9. The molecule has 82 valence electrons. The molecule has 15 heavy (non-hydrogen) atoms. The highest BCUT2D eigenvalue weighted by atomic mass is 16.1. The molecule has 0 saturated carbocycles. The van der Waals surface area contributed by atoms with E-state index in [1.165, 1.54) is 0 Å². The molecule has 0 spiro atoms. The fourth-order valence-corrected chi connectivity index (χ4v) is 1.26. The molecule has 0 amide bonds. The Morgan fingerprint density at radius 3 is 2.33 bits per heavy atom. The normalized spacial score (nSPS) is 14.3. The molecule has 1 aromatic rings. The second-order valence-corrected chi connectivity index (χ2v) is 5.42. The first-order valence-electron chi connectivity index (χ1n) is 5.35. The summed E-state index contributed by atoms with van der Waals surface area (Å²) >= 11 is 0. The third kappa shape index (κ3) is 4.24. The van der Waals surface area contributed by atoms with Gasteiger partial charge in [0.15, 0.2) is 5.78 Å². The van der Waals surface area contributed by atoms with Gasteiger partial charge in [0.25, 0.3) is 0 Å². The van der Waals surface area contributed by atoms with Crippen molar-refractivity contribution < 1.29 is 4.79 Å². The van der Waals surface area contributed by atoms with Gasteiger partial charge in [-0.15, -0.1) is 0 Å². The van der Waals surface area contributed by atoms with Crippen LogP contribution in [0.15, 0.2) is 18.3 Å². The molecule has 2 rings (SSSR count). The summed E-state index contributed by atoms with van der Waals surface area (Å²) in [5.41, 5.74) is 2.29. The molecule has 0 bridgehead atoms. The standard InChI is InChI=1S/C8H7NO.C5H12/c10-8-4-3-7-6(8)2-1-5-9-7;1-5(2,3)4/h1-2,5H,3-4H2;1-4H3. The first-order chi connectivity index (χ1) is 6.88. The van der Waals surface area contributed by atoms with Crippen LogP contribution in [0.5, 0.6) is 0 Å². The number of rotatable bonds is 0. The average molecular weight is 205 g/mol. The third-order valence-corrected chi connectivity index (χ3v) is 1.78. The molecule has 0 saturated heterocycles. The lowest BCUT2D eigenvalue weighted by atomic mass is 10.0. The summed E-state index contributed by atoms with van der Waals surface area (Å²) < 4.78 is 0. The van der Waals surface area contributed by atoms with E-state index in [9.17, 15) is 4.79 Å². The van der Waals surface area contributed by atoms with E-state index >= 15 is 0 Å². The summed E-state index contributed by atoms with van der Waals surface area (Å²) in [6, 6.07) is 3.65. The molecule has 0 atom stereocenters. The van der Waals surface area contributed by atoms with Crippen molar-refractivity contribution in [1.29, 1.82) is 0 Å². The van der Waals surface area contributed by atoms with Crippen LogP contribution in [0.4, 0.5) is 0 Å². The van der Waals surface area contributed by atoms with Gasteiger partial charge in [-0.3, -0.25) is 9.78 Å². The number of pyridine rings is 1. The van der Waals surface area contributed by atoms with E-state index in [1.807, 2.05) is 12.1 Å². The molecule has 1 aromatic heterocycles. The monoisotopic (exact) mass is 205 g/mol. The number of hydrogen-bond acceptors (Lipinski definition) is 2.